The van der Waals surface area contributed by atoms with E-state index in [0.717, 1.165) is 25.2 Å². The van der Waals surface area contributed by atoms with Crippen molar-refractivity contribution < 1.29 is 0 Å². The Balaban J connectivity index is 1.96. The van der Waals surface area contributed by atoms with Crippen molar-refractivity contribution in [1.29, 1.82) is 0 Å². The monoisotopic (exact) mass is 213 g/mol. The number of hydrogen-bond donors (Lipinski definition) is 2. The van der Waals surface area contributed by atoms with Crippen molar-refractivity contribution in [3.05, 3.63) is 30.1 Å². The lowest BCUT2D eigenvalue weighted by Gasteiger charge is -2.00. The molecule has 3 heteroatoms. The Labute approximate surface area is 95.3 Å². The molecule has 0 atom stereocenters. The zero-order valence-electron chi connectivity index (χ0n) is 9.38. The zero-order valence-corrected chi connectivity index (χ0v) is 9.38. The summed E-state index contributed by atoms with van der Waals surface area (Å²) in [5, 5.41) is 4.56. The summed E-state index contributed by atoms with van der Waals surface area (Å²) in [6.07, 6.45) is 4.71. The summed E-state index contributed by atoms with van der Waals surface area (Å²) < 4.78 is 0. The summed E-state index contributed by atoms with van der Waals surface area (Å²) in [5.41, 5.74) is 2.21. The Morgan fingerprint density at radius 1 is 1.50 bits per heavy atom. The molecule has 2 N–H and O–H groups in total. The van der Waals surface area contributed by atoms with Crippen molar-refractivity contribution in [2.75, 3.05) is 6.54 Å². The molecular weight excluding hydrogens is 198 g/mol. The Kier molecular flexibility index (Phi) is 3.58. The van der Waals surface area contributed by atoms with Gasteiger partial charge in [0.15, 0.2) is 0 Å². The average Bonchev–Trinajstić information content (AvgIpc) is 2.73. The highest BCUT2D eigenvalue weighted by Gasteiger charge is 2.02. The first-order valence-electron chi connectivity index (χ1n) is 5.43. The number of fused-ring (bicyclic) bond motifs is 1. The second kappa shape index (κ2) is 5.34. The minimum atomic E-state index is 0.858. The minimum absolute atomic E-state index is 0.858. The zero-order chi connectivity index (χ0) is 11.2. The summed E-state index contributed by atoms with van der Waals surface area (Å²) >= 11 is 0. The standard InChI is InChI=1S/C13H15N3/c1-2-3-4-7-14-9-11-10-16-13-12(11)6-5-8-15-13/h5-6,8,10,14H,4,7,9H2,1H3,(H,15,16). The maximum absolute atomic E-state index is 4.25. The maximum atomic E-state index is 4.25. The van der Waals surface area contributed by atoms with Crippen LogP contribution in [0.15, 0.2) is 24.5 Å². The molecule has 16 heavy (non-hydrogen) atoms. The lowest BCUT2D eigenvalue weighted by molar-refractivity contribution is 0.704. The lowest BCUT2D eigenvalue weighted by Crippen LogP contribution is -2.13. The van der Waals surface area contributed by atoms with Crippen molar-refractivity contribution in [3.8, 4) is 11.8 Å². The molecule has 0 saturated carbocycles. The van der Waals surface area contributed by atoms with E-state index in [1.807, 2.05) is 19.2 Å². The van der Waals surface area contributed by atoms with Crippen molar-refractivity contribution in [2.45, 2.75) is 19.9 Å². The molecule has 0 unspecified atom stereocenters. The van der Waals surface area contributed by atoms with Crippen LogP contribution in [0.4, 0.5) is 0 Å². The number of rotatable bonds is 4. The van der Waals surface area contributed by atoms with Gasteiger partial charge in [0.2, 0.25) is 0 Å². The second-order valence-electron chi connectivity index (χ2n) is 3.57. The molecule has 3 nitrogen and oxygen atoms in total. The molecule has 0 aliphatic heterocycles. The largest absolute Gasteiger partial charge is 0.346 e. The van der Waals surface area contributed by atoms with Crippen LogP contribution in [0.3, 0.4) is 0 Å². The lowest BCUT2D eigenvalue weighted by atomic mass is 10.2. The number of nitrogens with one attached hydrogen (secondary N) is 2. The highest BCUT2D eigenvalue weighted by atomic mass is 14.9. The number of nitrogens with zero attached hydrogens (tertiary/aromatic N) is 1. The van der Waals surface area contributed by atoms with E-state index in [1.165, 1.54) is 10.9 Å². The highest BCUT2D eigenvalue weighted by molar-refractivity contribution is 5.79. The number of aromatic amines is 1. The topological polar surface area (TPSA) is 40.7 Å². The Hall–Kier alpha value is -1.79. The number of aromatic nitrogens is 2. The molecule has 0 spiro atoms. The van der Waals surface area contributed by atoms with E-state index in [-0.39, 0.29) is 0 Å². The molecule has 0 amide bonds. The van der Waals surface area contributed by atoms with Crippen LogP contribution in [0.25, 0.3) is 11.0 Å². The van der Waals surface area contributed by atoms with Gasteiger partial charge >= 0.3 is 0 Å². The quantitative estimate of drug-likeness (QED) is 0.603. The molecule has 0 saturated heterocycles. The first kappa shape index (κ1) is 10.7. The molecule has 2 rings (SSSR count). The van der Waals surface area contributed by atoms with E-state index in [1.54, 1.807) is 6.20 Å². The van der Waals surface area contributed by atoms with Gasteiger partial charge in [-0.1, -0.05) is 0 Å². The third-order valence-electron chi connectivity index (χ3n) is 2.46. The van der Waals surface area contributed by atoms with Crippen LogP contribution < -0.4 is 5.32 Å². The van der Waals surface area contributed by atoms with Crippen molar-refractivity contribution in [1.82, 2.24) is 15.3 Å². The van der Waals surface area contributed by atoms with E-state index < -0.39 is 0 Å². The van der Waals surface area contributed by atoms with E-state index in [9.17, 15) is 0 Å². The predicted octanol–water partition coefficient (Wildman–Crippen LogP) is 2.07. The molecule has 82 valence electrons. The Bertz CT molecular complexity index is 516. The molecule has 0 aliphatic rings. The average molecular weight is 213 g/mol. The van der Waals surface area contributed by atoms with Crippen LogP contribution >= 0.6 is 0 Å². The third-order valence-corrected chi connectivity index (χ3v) is 2.46. The van der Waals surface area contributed by atoms with Gasteiger partial charge in [-0.05, 0) is 24.6 Å². The molecule has 0 aliphatic carbocycles. The van der Waals surface area contributed by atoms with Crippen LogP contribution in [0.2, 0.25) is 0 Å². The summed E-state index contributed by atoms with van der Waals surface area (Å²) in [6.45, 7) is 3.65. The number of pyridine rings is 1. The van der Waals surface area contributed by atoms with Gasteiger partial charge in [0.05, 0.1) is 0 Å². The molecule has 2 aromatic heterocycles. The number of H-pyrrole nitrogens is 1. The molecular formula is C13H15N3. The summed E-state index contributed by atoms with van der Waals surface area (Å²) in [7, 11) is 0. The van der Waals surface area contributed by atoms with Crippen molar-refractivity contribution >= 4 is 11.0 Å². The third kappa shape index (κ3) is 2.41. The van der Waals surface area contributed by atoms with Crippen molar-refractivity contribution in [2.24, 2.45) is 0 Å². The van der Waals surface area contributed by atoms with Gasteiger partial charge in [0, 0.05) is 37.3 Å². The summed E-state index contributed by atoms with van der Waals surface area (Å²) in [6, 6.07) is 4.05. The Morgan fingerprint density at radius 2 is 2.44 bits per heavy atom. The van der Waals surface area contributed by atoms with Gasteiger partial charge < -0.3 is 10.3 Å². The highest BCUT2D eigenvalue weighted by Crippen LogP contribution is 2.14. The SMILES string of the molecule is CC#CCCNCc1c[nH]c2ncccc12. The fourth-order valence-electron chi connectivity index (χ4n) is 1.66. The van der Waals surface area contributed by atoms with Crippen LogP contribution in [0, 0.1) is 11.8 Å². The first-order chi connectivity index (χ1) is 7.92. The van der Waals surface area contributed by atoms with E-state index in [2.05, 4.69) is 33.2 Å². The smallest absolute Gasteiger partial charge is 0.137 e. The molecule has 0 radical (unpaired) electrons. The van der Waals surface area contributed by atoms with Crippen LogP contribution in [-0.2, 0) is 6.54 Å². The second-order valence-corrected chi connectivity index (χ2v) is 3.57. The molecule has 0 aromatic carbocycles. The van der Waals surface area contributed by atoms with Gasteiger partial charge in [-0.3, -0.25) is 0 Å². The fraction of sp³-hybridized carbons (Fsp3) is 0.308. The molecule has 0 bridgehead atoms. The van der Waals surface area contributed by atoms with E-state index in [4.69, 9.17) is 0 Å². The van der Waals surface area contributed by atoms with Crippen LogP contribution in [-0.4, -0.2) is 16.5 Å². The number of hydrogen-bond acceptors (Lipinski definition) is 2. The maximum Gasteiger partial charge on any atom is 0.137 e. The van der Waals surface area contributed by atoms with Gasteiger partial charge in [-0.15, -0.1) is 11.8 Å². The first-order valence-corrected chi connectivity index (χ1v) is 5.43. The van der Waals surface area contributed by atoms with Crippen molar-refractivity contribution in [3.63, 3.8) is 0 Å². The fourth-order valence-corrected chi connectivity index (χ4v) is 1.66. The molecule has 2 heterocycles. The normalized spacial score (nSPS) is 10.1. The van der Waals surface area contributed by atoms with Crippen LogP contribution in [0.5, 0.6) is 0 Å². The molecule has 0 fully saturated rings. The minimum Gasteiger partial charge on any atom is -0.346 e. The summed E-state index contributed by atoms with van der Waals surface area (Å²) in [5.74, 6) is 5.92. The van der Waals surface area contributed by atoms with Gasteiger partial charge in [-0.2, -0.15) is 0 Å². The van der Waals surface area contributed by atoms with Gasteiger partial charge in [0.1, 0.15) is 5.65 Å². The molecule has 2 aromatic rings. The Morgan fingerprint density at radius 3 is 3.31 bits per heavy atom. The van der Waals surface area contributed by atoms with E-state index in [0.29, 0.717) is 0 Å². The summed E-state index contributed by atoms with van der Waals surface area (Å²) in [4.78, 5) is 7.42. The van der Waals surface area contributed by atoms with E-state index >= 15 is 0 Å². The van der Waals surface area contributed by atoms with Gasteiger partial charge in [-0.25, -0.2) is 4.98 Å². The van der Waals surface area contributed by atoms with Gasteiger partial charge in [0.25, 0.3) is 0 Å². The van der Waals surface area contributed by atoms with Crippen LogP contribution in [0.1, 0.15) is 18.9 Å². The predicted molar refractivity (Wildman–Crippen MR) is 65.9 cm³/mol.